The van der Waals surface area contributed by atoms with Crippen molar-refractivity contribution in [2.75, 3.05) is 6.61 Å². The van der Waals surface area contributed by atoms with Gasteiger partial charge in [-0.05, 0) is 0 Å². The van der Waals surface area contributed by atoms with Gasteiger partial charge in [0.25, 0.3) is 0 Å². The van der Waals surface area contributed by atoms with Gasteiger partial charge in [-0.2, -0.15) is 0 Å². The minimum absolute atomic E-state index is 0.323. The van der Waals surface area contributed by atoms with Gasteiger partial charge in [-0.3, -0.25) is 0 Å². The van der Waals surface area contributed by atoms with Gasteiger partial charge >= 0.3 is 0 Å². The molecule has 0 aliphatic rings. The summed E-state index contributed by atoms with van der Waals surface area (Å²) >= 11 is 0. The van der Waals surface area contributed by atoms with E-state index >= 15 is 0 Å². The molecule has 0 aromatic carbocycles. The molecule has 0 spiro atoms. The predicted octanol–water partition coefficient (Wildman–Crippen LogP) is -2.02. The minimum atomic E-state index is -1.20. The van der Waals surface area contributed by atoms with E-state index in [1.54, 1.807) is 0 Å². The standard InChI is InChI=1S/C3H10O3Si/c4-3(5)1-2-6-7/h3-5H,1-2H2,7H3. The van der Waals surface area contributed by atoms with Crippen LogP contribution in [0.15, 0.2) is 0 Å². The van der Waals surface area contributed by atoms with Gasteiger partial charge in [0.15, 0.2) is 6.29 Å². The summed E-state index contributed by atoms with van der Waals surface area (Å²) in [6.45, 7) is 0.462. The topological polar surface area (TPSA) is 49.7 Å². The summed E-state index contributed by atoms with van der Waals surface area (Å²) in [4.78, 5) is 0. The smallest absolute Gasteiger partial charge is 0.153 e. The van der Waals surface area contributed by atoms with E-state index in [0.29, 0.717) is 23.5 Å². The molecule has 0 aliphatic carbocycles. The quantitative estimate of drug-likeness (QED) is 0.336. The first-order valence-electron chi connectivity index (χ1n) is 2.12. The maximum Gasteiger partial charge on any atom is 0.153 e. The van der Waals surface area contributed by atoms with Crippen LogP contribution in [0.5, 0.6) is 0 Å². The van der Waals surface area contributed by atoms with E-state index in [1.165, 1.54) is 0 Å². The summed E-state index contributed by atoms with van der Waals surface area (Å²) in [5.41, 5.74) is 0. The van der Waals surface area contributed by atoms with Gasteiger partial charge in [-0.25, -0.2) is 0 Å². The first kappa shape index (κ1) is 7.10. The van der Waals surface area contributed by atoms with Crippen LogP contribution in [0.2, 0.25) is 0 Å². The van der Waals surface area contributed by atoms with E-state index in [4.69, 9.17) is 10.2 Å². The van der Waals surface area contributed by atoms with Crippen molar-refractivity contribution in [2.24, 2.45) is 0 Å². The average molecular weight is 122 g/mol. The lowest BCUT2D eigenvalue weighted by atomic mass is 10.5. The summed E-state index contributed by atoms with van der Waals surface area (Å²) in [5.74, 6) is 0. The molecular formula is C3H10O3Si. The van der Waals surface area contributed by atoms with Crippen LogP contribution in [0.25, 0.3) is 0 Å². The molecule has 4 heteroatoms. The molecule has 7 heavy (non-hydrogen) atoms. The van der Waals surface area contributed by atoms with Crippen LogP contribution in [0.3, 0.4) is 0 Å². The van der Waals surface area contributed by atoms with Crippen LogP contribution in [-0.4, -0.2) is 33.6 Å². The molecule has 0 bridgehead atoms. The number of rotatable bonds is 3. The SMILES string of the molecule is OC(O)CCO[SiH3]. The Hall–Kier alpha value is 0.0969. The third-order valence-electron chi connectivity index (χ3n) is 0.580. The van der Waals surface area contributed by atoms with Crippen molar-refractivity contribution >= 4 is 10.5 Å². The molecule has 0 aromatic heterocycles. The van der Waals surface area contributed by atoms with Crippen molar-refractivity contribution < 1.29 is 14.6 Å². The van der Waals surface area contributed by atoms with Crippen molar-refractivity contribution in [3.8, 4) is 0 Å². The summed E-state index contributed by atoms with van der Waals surface area (Å²) in [6, 6.07) is 0. The van der Waals surface area contributed by atoms with E-state index in [-0.39, 0.29) is 0 Å². The lowest BCUT2D eigenvalue weighted by Gasteiger charge is -1.99. The van der Waals surface area contributed by atoms with Crippen LogP contribution < -0.4 is 0 Å². The number of hydrogen-bond donors (Lipinski definition) is 2. The van der Waals surface area contributed by atoms with Crippen LogP contribution in [0, 0.1) is 0 Å². The van der Waals surface area contributed by atoms with Gasteiger partial charge in [-0.1, -0.05) is 0 Å². The lowest BCUT2D eigenvalue weighted by molar-refractivity contribution is -0.0516. The van der Waals surface area contributed by atoms with Crippen LogP contribution >= 0.6 is 0 Å². The fourth-order valence-corrected chi connectivity index (χ4v) is 0.459. The normalized spacial score (nSPS) is 10.7. The monoisotopic (exact) mass is 122 g/mol. The molecule has 44 valence electrons. The van der Waals surface area contributed by atoms with Crippen molar-refractivity contribution in [2.45, 2.75) is 12.7 Å². The Kier molecular flexibility index (Phi) is 4.32. The highest BCUT2D eigenvalue weighted by molar-refractivity contribution is 5.97. The van der Waals surface area contributed by atoms with Crippen molar-refractivity contribution in [1.29, 1.82) is 0 Å². The zero-order chi connectivity index (χ0) is 5.70. The van der Waals surface area contributed by atoms with Gasteiger partial charge in [0.1, 0.15) is 10.5 Å². The van der Waals surface area contributed by atoms with E-state index < -0.39 is 6.29 Å². The van der Waals surface area contributed by atoms with E-state index in [9.17, 15) is 0 Å². The Morgan fingerprint density at radius 3 is 2.29 bits per heavy atom. The highest BCUT2D eigenvalue weighted by Gasteiger charge is 1.92. The second-order valence-electron chi connectivity index (χ2n) is 1.26. The Labute approximate surface area is 45.5 Å². The summed E-state index contributed by atoms with van der Waals surface area (Å²) in [6.07, 6.45) is -0.877. The van der Waals surface area contributed by atoms with Crippen LogP contribution in [0.4, 0.5) is 0 Å². The maximum atomic E-state index is 8.17. The zero-order valence-electron chi connectivity index (χ0n) is 4.29. The van der Waals surface area contributed by atoms with Gasteiger partial charge < -0.3 is 14.6 Å². The molecule has 0 aromatic rings. The molecule has 0 atom stereocenters. The molecule has 0 heterocycles. The van der Waals surface area contributed by atoms with Crippen molar-refractivity contribution in [3.63, 3.8) is 0 Å². The average Bonchev–Trinajstić information content (AvgIpc) is 1.61. The van der Waals surface area contributed by atoms with E-state index in [2.05, 4.69) is 4.43 Å². The molecule has 0 amide bonds. The third kappa shape index (κ3) is 6.10. The van der Waals surface area contributed by atoms with Gasteiger partial charge in [0.2, 0.25) is 0 Å². The summed E-state index contributed by atoms with van der Waals surface area (Å²) in [7, 11) is 0.672. The maximum absolute atomic E-state index is 8.17. The largest absolute Gasteiger partial charge is 0.428 e. The molecule has 0 aliphatic heterocycles. The summed E-state index contributed by atoms with van der Waals surface area (Å²) < 4.78 is 4.67. The molecule has 0 saturated heterocycles. The van der Waals surface area contributed by atoms with Crippen LogP contribution in [-0.2, 0) is 4.43 Å². The second kappa shape index (κ2) is 4.26. The number of aliphatic hydroxyl groups excluding tert-OH is 1. The molecule has 2 N–H and O–H groups in total. The molecule has 0 rings (SSSR count). The molecular weight excluding hydrogens is 112 g/mol. The minimum Gasteiger partial charge on any atom is -0.428 e. The van der Waals surface area contributed by atoms with E-state index in [1.807, 2.05) is 0 Å². The van der Waals surface area contributed by atoms with Crippen LogP contribution in [0.1, 0.15) is 6.42 Å². The lowest BCUT2D eigenvalue weighted by Crippen LogP contribution is -2.07. The molecule has 0 fully saturated rings. The molecule has 0 unspecified atom stereocenters. The Morgan fingerprint density at radius 2 is 2.14 bits per heavy atom. The number of aliphatic hydroxyl groups is 2. The van der Waals surface area contributed by atoms with Gasteiger partial charge in [0, 0.05) is 13.0 Å². The van der Waals surface area contributed by atoms with Crippen molar-refractivity contribution in [3.05, 3.63) is 0 Å². The Bertz CT molecular complexity index is 39.2. The summed E-state index contributed by atoms with van der Waals surface area (Å²) in [5, 5.41) is 16.3. The molecule has 3 nitrogen and oxygen atoms in total. The first-order valence-corrected chi connectivity index (χ1v) is 2.94. The fourth-order valence-electron chi connectivity index (χ4n) is 0.223. The number of hydrogen-bond acceptors (Lipinski definition) is 3. The Balaban J connectivity index is 2.68. The van der Waals surface area contributed by atoms with Gasteiger partial charge in [-0.15, -0.1) is 0 Å². The van der Waals surface area contributed by atoms with E-state index in [0.717, 1.165) is 0 Å². The zero-order valence-corrected chi connectivity index (χ0v) is 6.29. The van der Waals surface area contributed by atoms with Gasteiger partial charge in [0.05, 0.1) is 0 Å². The highest BCUT2D eigenvalue weighted by atomic mass is 28.2. The Morgan fingerprint density at radius 1 is 1.57 bits per heavy atom. The molecule has 0 saturated carbocycles. The molecule has 0 radical (unpaired) electrons. The van der Waals surface area contributed by atoms with Crippen molar-refractivity contribution in [1.82, 2.24) is 0 Å². The third-order valence-corrected chi connectivity index (χ3v) is 0.988. The highest BCUT2D eigenvalue weighted by Crippen LogP contribution is 1.83. The fraction of sp³-hybridized carbons (Fsp3) is 1.00. The predicted molar refractivity (Wildman–Crippen MR) is 28.7 cm³/mol. The first-order chi connectivity index (χ1) is 3.27. The second-order valence-corrected chi connectivity index (χ2v) is 1.84.